The van der Waals surface area contributed by atoms with E-state index >= 15 is 0 Å². The molecule has 1 aliphatic rings. The van der Waals surface area contributed by atoms with E-state index < -0.39 is 5.92 Å². The molecule has 0 saturated carbocycles. The molecule has 6 heteroatoms. The predicted molar refractivity (Wildman–Crippen MR) is 84.6 cm³/mol. The summed E-state index contributed by atoms with van der Waals surface area (Å²) in [6, 6.07) is 7.03. The first kappa shape index (κ1) is 16.8. The SMILES string of the molecule is CCOCCNC(=O)[C@H]1CC(=O)N(C)[C@@H]1c1cccc(Cl)c1. The molecular formula is C16H21ClN2O3. The first-order valence-electron chi connectivity index (χ1n) is 7.41. The van der Waals surface area contributed by atoms with Crippen molar-refractivity contribution in [3.8, 4) is 0 Å². The van der Waals surface area contributed by atoms with Gasteiger partial charge >= 0.3 is 0 Å². The molecule has 0 aliphatic carbocycles. The molecule has 0 spiro atoms. The quantitative estimate of drug-likeness (QED) is 0.814. The van der Waals surface area contributed by atoms with Crippen LogP contribution in [0.15, 0.2) is 24.3 Å². The first-order valence-corrected chi connectivity index (χ1v) is 7.79. The molecule has 1 heterocycles. The number of ether oxygens (including phenoxy) is 1. The Balaban J connectivity index is 2.11. The molecule has 0 radical (unpaired) electrons. The highest BCUT2D eigenvalue weighted by molar-refractivity contribution is 6.30. The number of carbonyl (C=O) groups is 2. The summed E-state index contributed by atoms with van der Waals surface area (Å²) < 4.78 is 5.21. The zero-order chi connectivity index (χ0) is 16.1. The Morgan fingerprint density at radius 2 is 2.27 bits per heavy atom. The van der Waals surface area contributed by atoms with Crippen LogP contribution in [0.5, 0.6) is 0 Å². The van der Waals surface area contributed by atoms with Crippen molar-refractivity contribution in [2.24, 2.45) is 5.92 Å². The predicted octanol–water partition coefficient (Wildman–Crippen LogP) is 2.01. The molecule has 1 aromatic rings. The summed E-state index contributed by atoms with van der Waals surface area (Å²) in [5.41, 5.74) is 0.880. The molecule has 0 unspecified atom stereocenters. The third-order valence-electron chi connectivity index (χ3n) is 3.86. The lowest BCUT2D eigenvalue weighted by Gasteiger charge is -2.25. The topological polar surface area (TPSA) is 58.6 Å². The Labute approximate surface area is 135 Å². The van der Waals surface area contributed by atoms with E-state index in [1.807, 2.05) is 25.1 Å². The van der Waals surface area contributed by atoms with Gasteiger partial charge in [-0.25, -0.2) is 0 Å². The average Bonchev–Trinajstić information content (AvgIpc) is 2.79. The van der Waals surface area contributed by atoms with E-state index in [0.29, 0.717) is 24.8 Å². The third-order valence-corrected chi connectivity index (χ3v) is 4.10. The second-order valence-electron chi connectivity index (χ2n) is 5.30. The van der Waals surface area contributed by atoms with Crippen molar-refractivity contribution < 1.29 is 14.3 Å². The Hall–Kier alpha value is -1.59. The molecule has 2 amide bonds. The second-order valence-corrected chi connectivity index (χ2v) is 5.74. The van der Waals surface area contributed by atoms with Crippen LogP contribution in [0.4, 0.5) is 0 Å². The summed E-state index contributed by atoms with van der Waals surface area (Å²) in [6.07, 6.45) is 0.216. The lowest BCUT2D eigenvalue weighted by molar-refractivity contribution is -0.128. The van der Waals surface area contributed by atoms with E-state index in [2.05, 4.69) is 5.32 Å². The van der Waals surface area contributed by atoms with Crippen LogP contribution in [0.2, 0.25) is 5.02 Å². The van der Waals surface area contributed by atoms with Crippen LogP contribution in [0, 0.1) is 5.92 Å². The number of rotatable bonds is 6. The lowest BCUT2D eigenvalue weighted by Crippen LogP contribution is -2.36. The minimum atomic E-state index is -0.405. The lowest BCUT2D eigenvalue weighted by atomic mass is 9.93. The van der Waals surface area contributed by atoms with Crippen LogP contribution in [-0.4, -0.2) is 43.5 Å². The summed E-state index contributed by atoms with van der Waals surface area (Å²) in [7, 11) is 1.72. The van der Waals surface area contributed by atoms with Gasteiger partial charge in [-0.1, -0.05) is 23.7 Å². The number of amides is 2. The second kappa shape index (κ2) is 7.61. The Kier molecular flexibility index (Phi) is 5.80. The van der Waals surface area contributed by atoms with Crippen molar-refractivity contribution in [1.82, 2.24) is 10.2 Å². The van der Waals surface area contributed by atoms with Crippen LogP contribution in [0.3, 0.4) is 0 Å². The van der Waals surface area contributed by atoms with Gasteiger partial charge < -0.3 is 15.0 Å². The number of halogens is 1. The highest BCUT2D eigenvalue weighted by Gasteiger charge is 2.42. The van der Waals surface area contributed by atoms with Gasteiger partial charge in [0.25, 0.3) is 0 Å². The average molecular weight is 325 g/mol. The molecule has 1 aromatic carbocycles. The van der Waals surface area contributed by atoms with Crippen molar-refractivity contribution in [2.75, 3.05) is 26.8 Å². The van der Waals surface area contributed by atoms with Gasteiger partial charge in [-0.15, -0.1) is 0 Å². The molecule has 0 bridgehead atoms. The van der Waals surface area contributed by atoms with Gasteiger partial charge in [-0.2, -0.15) is 0 Å². The molecule has 1 aliphatic heterocycles. The van der Waals surface area contributed by atoms with Crippen molar-refractivity contribution in [3.63, 3.8) is 0 Å². The van der Waals surface area contributed by atoms with Crippen molar-refractivity contribution in [2.45, 2.75) is 19.4 Å². The Morgan fingerprint density at radius 1 is 1.50 bits per heavy atom. The molecule has 2 rings (SSSR count). The van der Waals surface area contributed by atoms with Gasteiger partial charge in [0.15, 0.2) is 0 Å². The van der Waals surface area contributed by atoms with Crippen molar-refractivity contribution >= 4 is 23.4 Å². The smallest absolute Gasteiger partial charge is 0.226 e. The molecule has 120 valence electrons. The fourth-order valence-corrected chi connectivity index (χ4v) is 2.97. The van der Waals surface area contributed by atoms with Crippen LogP contribution >= 0.6 is 11.6 Å². The van der Waals surface area contributed by atoms with Crippen LogP contribution in [0.1, 0.15) is 24.9 Å². The number of likely N-dealkylation sites (tertiary alicyclic amines) is 1. The van der Waals surface area contributed by atoms with Gasteiger partial charge in [0.2, 0.25) is 11.8 Å². The number of nitrogens with one attached hydrogen (secondary N) is 1. The van der Waals surface area contributed by atoms with Crippen LogP contribution in [-0.2, 0) is 14.3 Å². The number of nitrogens with zero attached hydrogens (tertiary/aromatic N) is 1. The van der Waals surface area contributed by atoms with E-state index in [4.69, 9.17) is 16.3 Å². The van der Waals surface area contributed by atoms with Crippen LogP contribution < -0.4 is 5.32 Å². The summed E-state index contributed by atoms with van der Waals surface area (Å²) in [5, 5.41) is 3.44. The van der Waals surface area contributed by atoms with Gasteiger partial charge in [0.1, 0.15) is 0 Å². The summed E-state index contributed by atoms with van der Waals surface area (Å²) in [5.74, 6) is -0.560. The molecule has 1 fully saturated rings. The maximum absolute atomic E-state index is 12.4. The van der Waals surface area contributed by atoms with E-state index in [0.717, 1.165) is 5.56 Å². The Morgan fingerprint density at radius 3 is 2.95 bits per heavy atom. The molecule has 5 nitrogen and oxygen atoms in total. The van der Waals surface area contributed by atoms with Crippen molar-refractivity contribution in [3.05, 3.63) is 34.9 Å². The van der Waals surface area contributed by atoms with E-state index in [1.165, 1.54) is 0 Å². The number of hydrogen-bond donors (Lipinski definition) is 1. The molecule has 2 atom stereocenters. The summed E-state index contributed by atoms with van der Waals surface area (Å²) in [4.78, 5) is 26.0. The maximum atomic E-state index is 12.4. The number of carbonyl (C=O) groups excluding carboxylic acids is 2. The van der Waals surface area contributed by atoms with Crippen LogP contribution in [0.25, 0.3) is 0 Å². The van der Waals surface area contributed by atoms with Crippen molar-refractivity contribution in [1.29, 1.82) is 0 Å². The maximum Gasteiger partial charge on any atom is 0.226 e. The number of hydrogen-bond acceptors (Lipinski definition) is 3. The minimum absolute atomic E-state index is 0.0325. The normalized spacial score (nSPS) is 21.2. The zero-order valence-corrected chi connectivity index (χ0v) is 13.6. The highest BCUT2D eigenvalue weighted by Crippen LogP contribution is 2.37. The van der Waals surface area contributed by atoms with Gasteiger partial charge in [-0.3, -0.25) is 9.59 Å². The molecule has 1 saturated heterocycles. The van der Waals surface area contributed by atoms with E-state index in [-0.39, 0.29) is 24.3 Å². The summed E-state index contributed by atoms with van der Waals surface area (Å²) in [6.45, 7) is 3.44. The minimum Gasteiger partial charge on any atom is -0.380 e. The molecule has 22 heavy (non-hydrogen) atoms. The largest absolute Gasteiger partial charge is 0.380 e. The van der Waals surface area contributed by atoms with E-state index in [9.17, 15) is 9.59 Å². The molecule has 1 N–H and O–H groups in total. The first-order chi connectivity index (χ1) is 10.5. The highest BCUT2D eigenvalue weighted by atomic mass is 35.5. The monoisotopic (exact) mass is 324 g/mol. The van der Waals surface area contributed by atoms with Gasteiger partial charge in [0.05, 0.1) is 18.6 Å². The van der Waals surface area contributed by atoms with E-state index in [1.54, 1.807) is 18.0 Å². The standard InChI is InChI=1S/C16H21ClN2O3/c1-3-22-8-7-18-16(21)13-10-14(20)19(2)15(13)11-5-4-6-12(17)9-11/h4-6,9,13,15H,3,7-8,10H2,1-2H3,(H,18,21)/t13-,15+/m0/s1. The fourth-order valence-electron chi connectivity index (χ4n) is 2.77. The van der Waals surface area contributed by atoms with Gasteiger partial charge in [-0.05, 0) is 24.6 Å². The molecular weight excluding hydrogens is 304 g/mol. The Bertz CT molecular complexity index is 550. The number of benzene rings is 1. The third kappa shape index (κ3) is 3.78. The fraction of sp³-hybridized carbons (Fsp3) is 0.500. The van der Waals surface area contributed by atoms with Gasteiger partial charge in [0, 0.05) is 31.6 Å². The zero-order valence-electron chi connectivity index (χ0n) is 12.8. The summed E-state index contributed by atoms with van der Waals surface area (Å²) >= 11 is 6.03. The molecule has 0 aromatic heterocycles.